The monoisotopic (exact) mass is 1560 g/mol. The largest absolute Gasteiger partial charge is 0.458 e. The van der Waals surface area contributed by atoms with E-state index in [-0.39, 0.29) is 24.3 Å². The highest BCUT2D eigenvalue weighted by Crippen LogP contribution is 2.56. The van der Waals surface area contributed by atoms with Crippen molar-refractivity contribution < 1.29 is 9.47 Å². The van der Waals surface area contributed by atoms with Crippen LogP contribution in [0.3, 0.4) is 0 Å². The maximum absolute atomic E-state index is 7.07. The molecule has 6 aliphatic rings. The second-order valence-corrected chi connectivity index (χ2v) is 33.8. The van der Waals surface area contributed by atoms with Crippen molar-refractivity contribution in [1.29, 1.82) is 0 Å². The van der Waals surface area contributed by atoms with Gasteiger partial charge in [0.25, 0.3) is 13.4 Å². The quantitative estimate of drug-likeness (QED) is 0.113. The Balaban J connectivity index is 0.000000142. The molecule has 0 unspecified atom stereocenters. The lowest BCUT2D eigenvalue weighted by Crippen LogP contribution is -2.59. The molecule has 4 heterocycles. The number of fused-ring (bicyclic) bond motifs is 14. The molecule has 18 aromatic rings. The predicted molar refractivity (Wildman–Crippen MR) is 511 cm³/mol. The van der Waals surface area contributed by atoms with Crippen LogP contribution in [-0.4, -0.2) is 13.4 Å². The Kier molecular flexibility index (Phi) is 17.1. The Labute approximate surface area is 713 Å². The Morgan fingerprint density at radius 3 is 1.02 bits per heavy atom. The molecule has 0 bridgehead atoms. The van der Waals surface area contributed by atoms with Crippen LogP contribution < -0.4 is 61.9 Å². The SMILES string of the molecule is CC1(C)c2cc(N(c3ccccc3)c3ccccc3)ccc2-c2cc3c(cc21)B1c2cc(-c4ccccc4)ccc2N(c2ccc(-c4ccccc4)cc2)c2cccc(c21)O3.CC1(C)c2cc(N(c3ccccc3)c3ccccc3)ccc2-c2cc3c(cc21)B1c2ccc(-c4ccccc4)cc2N(c2cccc(-c4ccccc4)c2)c2cccc(c21)O3. The molecule has 24 rings (SSSR count). The van der Waals surface area contributed by atoms with Gasteiger partial charge >= 0.3 is 0 Å². The molecule has 122 heavy (non-hydrogen) atoms. The summed E-state index contributed by atoms with van der Waals surface area (Å²) in [6.07, 6.45) is 0. The Morgan fingerprint density at radius 1 is 0.213 bits per heavy atom. The molecule has 0 spiro atoms. The van der Waals surface area contributed by atoms with Gasteiger partial charge in [-0.2, -0.15) is 0 Å². The van der Waals surface area contributed by atoms with Crippen molar-refractivity contribution in [3.05, 3.63) is 447 Å². The van der Waals surface area contributed by atoms with Crippen LogP contribution >= 0.6 is 0 Å². The molecule has 8 heteroatoms. The molecule has 0 aromatic heterocycles. The fourth-order valence-corrected chi connectivity index (χ4v) is 20.3. The number of nitrogens with zero attached hydrogens (tertiary/aromatic N) is 4. The summed E-state index contributed by atoms with van der Waals surface area (Å²) in [5.41, 5.74) is 40.4. The maximum Gasteiger partial charge on any atom is 0.256 e. The van der Waals surface area contributed by atoms with E-state index in [1.54, 1.807) is 0 Å². The maximum atomic E-state index is 7.07. The van der Waals surface area contributed by atoms with Gasteiger partial charge in [-0.05, 0) is 267 Å². The topological polar surface area (TPSA) is 31.4 Å². The molecule has 0 radical (unpaired) electrons. The number of rotatable bonds is 12. The van der Waals surface area contributed by atoms with Gasteiger partial charge in [0.15, 0.2) is 0 Å². The van der Waals surface area contributed by atoms with Gasteiger partial charge in [0.05, 0.1) is 0 Å². The van der Waals surface area contributed by atoms with Gasteiger partial charge in [-0.25, -0.2) is 0 Å². The lowest BCUT2D eigenvalue weighted by molar-refractivity contribution is 0.487. The standard InChI is InChI=1S/2C57H41BN2O/c1-57(2)48-35-45(59(42-22-11-5-12-23-42)43-24-13-6-14-25-43)30-31-46(48)47-36-55-51(37-49(47)57)58-50-32-29-41(39-19-9-4-10-20-39)34-53(50)60(52-27-16-28-54(61-55)56(52)58)44-26-15-21-40(33-44)38-17-7-3-8-18-38;1-57(2)48-35-45(59(42-20-11-5-12-21-42)43-22-13-6-14-23-43)31-32-46(48)47-36-55-51(37-49(47)57)58-50-34-41(39-18-9-4-10-19-39)28-33-52(50)60(53-24-15-25-54(61-55)56(53)58)44-29-26-40(27-30-44)38-16-7-3-8-17-38/h2*3-37H,1-2H3. The van der Waals surface area contributed by atoms with Crippen LogP contribution in [-0.2, 0) is 10.8 Å². The smallest absolute Gasteiger partial charge is 0.256 e. The number of para-hydroxylation sites is 4. The number of hydrogen-bond donors (Lipinski definition) is 0. The lowest BCUT2D eigenvalue weighted by Gasteiger charge is -2.40. The molecule has 0 atom stereocenters. The van der Waals surface area contributed by atoms with Crippen LogP contribution in [0.25, 0.3) is 66.8 Å². The summed E-state index contributed by atoms with van der Waals surface area (Å²) in [6, 6.07) is 154. The normalized spacial score (nSPS) is 13.6. The zero-order valence-electron chi connectivity index (χ0n) is 68.2. The summed E-state index contributed by atoms with van der Waals surface area (Å²) in [5, 5.41) is 0. The molecule has 2 aliphatic carbocycles. The fourth-order valence-electron chi connectivity index (χ4n) is 20.3. The van der Waals surface area contributed by atoms with E-state index in [9.17, 15) is 0 Å². The Bertz CT molecular complexity index is 7060. The summed E-state index contributed by atoms with van der Waals surface area (Å²) >= 11 is 0. The molecule has 0 amide bonds. The molecular weight excluding hydrogens is 1480 g/mol. The average Bonchev–Trinajstić information content (AvgIpc) is 1.30. The molecule has 18 aromatic carbocycles. The van der Waals surface area contributed by atoms with E-state index in [1.165, 1.54) is 133 Å². The Hall–Kier alpha value is -15.1. The first-order chi connectivity index (χ1) is 60.0. The van der Waals surface area contributed by atoms with Crippen LogP contribution in [0.15, 0.2) is 425 Å². The Morgan fingerprint density at radius 2 is 0.566 bits per heavy atom. The third-order valence-corrected chi connectivity index (χ3v) is 26.2. The van der Waals surface area contributed by atoms with Gasteiger partial charge in [0.1, 0.15) is 23.0 Å². The van der Waals surface area contributed by atoms with Gasteiger partial charge in [-0.3, -0.25) is 0 Å². The van der Waals surface area contributed by atoms with Gasteiger partial charge in [-0.1, -0.05) is 307 Å². The highest BCUT2D eigenvalue weighted by Gasteiger charge is 2.48. The molecule has 0 fully saturated rings. The van der Waals surface area contributed by atoms with Crippen molar-refractivity contribution in [3.63, 3.8) is 0 Å². The number of anilines is 12. The van der Waals surface area contributed by atoms with Gasteiger partial charge in [0, 0.05) is 79.1 Å². The summed E-state index contributed by atoms with van der Waals surface area (Å²) in [7, 11) is 0. The van der Waals surface area contributed by atoms with Crippen LogP contribution in [0.1, 0.15) is 49.9 Å². The van der Waals surface area contributed by atoms with Crippen molar-refractivity contribution in [2.45, 2.75) is 38.5 Å². The fraction of sp³-hybridized carbons (Fsp3) is 0.0526. The van der Waals surface area contributed by atoms with Gasteiger partial charge in [-0.15, -0.1) is 0 Å². The summed E-state index contributed by atoms with van der Waals surface area (Å²) in [4.78, 5) is 9.60. The molecule has 0 saturated heterocycles. The molecule has 6 nitrogen and oxygen atoms in total. The highest BCUT2D eigenvalue weighted by atomic mass is 16.5. The van der Waals surface area contributed by atoms with E-state index in [1.807, 2.05) is 0 Å². The number of ether oxygens (including phenoxy) is 2. The van der Waals surface area contributed by atoms with E-state index < -0.39 is 0 Å². The number of benzene rings is 18. The predicted octanol–water partition coefficient (Wildman–Crippen LogP) is 26.4. The third kappa shape index (κ3) is 11.9. The second-order valence-electron chi connectivity index (χ2n) is 33.8. The van der Waals surface area contributed by atoms with Crippen molar-refractivity contribution in [2.24, 2.45) is 0 Å². The van der Waals surface area contributed by atoms with Gasteiger partial charge < -0.3 is 29.1 Å². The summed E-state index contributed by atoms with van der Waals surface area (Å²) < 4.78 is 14.1. The van der Waals surface area contributed by atoms with E-state index in [2.05, 4.69) is 472 Å². The summed E-state index contributed by atoms with van der Waals surface area (Å²) in [5.74, 6) is 3.67. The van der Waals surface area contributed by atoms with Crippen LogP contribution in [0.2, 0.25) is 0 Å². The third-order valence-electron chi connectivity index (χ3n) is 26.2. The van der Waals surface area contributed by atoms with E-state index >= 15 is 0 Å². The van der Waals surface area contributed by atoms with Gasteiger partial charge in [0.2, 0.25) is 0 Å². The van der Waals surface area contributed by atoms with Crippen LogP contribution in [0.4, 0.5) is 68.2 Å². The zero-order chi connectivity index (χ0) is 81.3. The minimum atomic E-state index is -0.259. The van der Waals surface area contributed by atoms with Crippen molar-refractivity contribution in [2.75, 3.05) is 19.6 Å². The first kappa shape index (κ1) is 72.1. The molecule has 0 N–H and O–H groups in total. The van der Waals surface area contributed by atoms with Crippen molar-refractivity contribution in [1.82, 2.24) is 0 Å². The first-order valence-electron chi connectivity index (χ1n) is 42.4. The summed E-state index contributed by atoms with van der Waals surface area (Å²) in [6.45, 7) is 9.49. The second kappa shape index (κ2) is 28.9. The molecule has 576 valence electrons. The van der Waals surface area contributed by atoms with E-state index in [0.29, 0.717) is 0 Å². The highest BCUT2D eigenvalue weighted by molar-refractivity contribution is 7.00. The minimum Gasteiger partial charge on any atom is -0.458 e. The zero-order valence-corrected chi connectivity index (χ0v) is 68.2. The van der Waals surface area contributed by atoms with E-state index in [0.717, 1.165) is 79.9 Å². The number of hydrogen-bond acceptors (Lipinski definition) is 6. The molecule has 0 saturated carbocycles. The van der Waals surface area contributed by atoms with E-state index in [4.69, 9.17) is 9.47 Å². The minimum absolute atomic E-state index is 0.0182. The molecular formula is C114H82B2N4O2. The van der Waals surface area contributed by atoms with Crippen LogP contribution in [0, 0.1) is 0 Å². The molecule has 4 aliphatic heterocycles. The lowest BCUT2D eigenvalue weighted by atomic mass is 9.34. The first-order valence-corrected chi connectivity index (χ1v) is 42.4. The van der Waals surface area contributed by atoms with Crippen molar-refractivity contribution >= 4 is 114 Å². The average molecular weight is 1560 g/mol. The van der Waals surface area contributed by atoms with Crippen LogP contribution in [0.5, 0.6) is 23.0 Å². The van der Waals surface area contributed by atoms with Crippen molar-refractivity contribution in [3.8, 4) is 89.8 Å².